The zero-order chi connectivity index (χ0) is 24.3. The molecule has 3 rings (SSSR count). The van der Waals surface area contributed by atoms with Crippen molar-refractivity contribution in [1.29, 1.82) is 0 Å². The van der Waals surface area contributed by atoms with Crippen LogP contribution in [0, 0.1) is 0 Å². The smallest absolute Gasteiger partial charge is 0.333 e. The lowest BCUT2D eigenvalue weighted by atomic mass is 10.1. The van der Waals surface area contributed by atoms with E-state index in [1.165, 1.54) is 11.5 Å². The van der Waals surface area contributed by atoms with E-state index >= 15 is 0 Å². The first-order valence-corrected chi connectivity index (χ1v) is 11.4. The molecule has 0 spiro atoms. The molecule has 0 unspecified atom stereocenters. The van der Waals surface area contributed by atoms with Crippen LogP contribution in [0.1, 0.15) is 63.5 Å². The van der Waals surface area contributed by atoms with Gasteiger partial charge < -0.3 is 15.1 Å². The van der Waals surface area contributed by atoms with E-state index in [9.17, 15) is 19.2 Å². The van der Waals surface area contributed by atoms with Gasteiger partial charge in [0.2, 0.25) is 5.91 Å². The summed E-state index contributed by atoms with van der Waals surface area (Å²) in [4.78, 5) is 53.8. The first kappa shape index (κ1) is 24.3. The number of nitrogens with one attached hydrogen (secondary N) is 1. The zero-order valence-electron chi connectivity index (χ0n) is 20.0. The van der Waals surface area contributed by atoms with E-state index in [0.717, 1.165) is 6.42 Å². The van der Waals surface area contributed by atoms with Crippen molar-refractivity contribution in [3.8, 4) is 0 Å². The number of anilines is 2. The minimum Gasteiger partial charge on any atom is -0.356 e. The summed E-state index contributed by atoms with van der Waals surface area (Å²) in [5, 5.41) is 2.69. The van der Waals surface area contributed by atoms with Crippen LogP contribution in [0.4, 0.5) is 11.5 Å². The first-order valence-electron chi connectivity index (χ1n) is 11.4. The third kappa shape index (κ3) is 5.35. The maximum Gasteiger partial charge on any atom is 0.333 e. The second-order valence-corrected chi connectivity index (χ2v) is 8.94. The van der Waals surface area contributed by atoms with Crippen LogP contribution in [0.3, 0.4) is 0 Å². The van der Waals surface area contributed by atoms with Crippen molar-refractivity contribution < 1.29 is 9.59 Å². The van der Waals surface area contributed by atoms with Gasteiger partial charge in [-0.2, -0.15) is 0 Å². The van der Waals surface area contributed by atoms with Crippen LogP contribution in [0.5, 0.6) is 0 Å². The van der Waals surface area contributed by atoms with E-state index in [1.807, 2.05) is 32.6 Å². The Labute approximate surface area is 193 Å². The molecule has 9 heteroatoms. The van der Waals surface area contributed by atoms with E-state index in [2.05, 4.69) is 5.32 Å². The summed E-state index contributed by atoms with van der Waals surface area (Å²) in [5.74, 6) is 0.358. The van der Waals surface area contributed by atoms with Crippen LogP contribution >= 0.6 is 0 Å². The number of aromatic nitrogens is 2. The van der Waals surface area contributed by atoms with E-state index in [0.29, 0.717) is 43.2 Å². The molecule has 0 radical (unpaired) electrons. The van der Waals surface area contributed by atoms with Gasteiger partial charge in [-0.05, 0) is 58.4 Å². The Morgan fingerprint density at radius 3 is 2.09 bits per heavy atom. The molecule has 0 atom stereocenters. The second-order valence-electron chi connectivity index (χ2n) is 8.94. The molecule has 1 aliphatic heterocycles. The van der Waals surface area contributed by atoms with E-state index in [-0.39, 0.29) is 35.1 Å². The highest BCUT2D eigenvalue weighted by molar-refractivity contribution is 5.95. The fourth-order valence-corrected chi connectivity index (χ4v) is 4.19. The lowest BCUT2D eigenvalue weighted by molar-refractivity contribution is -0.114. The fourth-order valence-electron chi connectivity index (χ4n) is 4.19. The maximum absolute atomic E-state index is 13.1. The van der Waals surface area contributed by atoms with E-state index < -0.39 is 0 Å². The molecule has 2 aromatic rings. The fraction of sp³-hybridized carbons (Fsp3) is 0.500. The van der Waals surface area contributed by atoms with Crippen LogP contribution in [-0.4, -0.2) is 52.0 Å². The van der Waals surface area contributed by atoms with E-state index in [4.69, 9.17) is 0 Å². The van der Waals surface area contributed by atoms with Crippen molar-refractivity contribution >= 4 is 23.3 Å². The van der Waals surface area contributed by atoms with Crippen molar-refractivity contribution in [2.75, 3.05) is 36.4 Å². The van der Waals surface area contributed by atoms with Crippen molar-refractivity contribution in [1.82, 2.24) is 14.0 Å². The topological polar surface area (TPSA) is 96.7 Å². The molecule has 0 saturated carbocycles. The monoisotopic (exact) mass is 455 g/mol. The average Bonchev–Trinajstić information content (AvgIpc) is 2.98. The van der Waals surface area contributed by atoms with Crippen molar-refractivity contribution in [3.05, 3.63) is 56.7 Å². The lowest BCUT2D eigenvalue weighted by Crippen LogP contribution is -2.45. The number of carbonyl (C=O) groups excluding carboxylic acids is 2. The Morgan fingerprint density at radius 1 is 0.879 bits per heavy atom. The highest BCUT2D eigenvalue weighted by atomic mass is 16.2. The summed E-state index contributed by atoms with van der Waals surface area (Å²) >= 11 is 0. The van der Waals surface area contributed by atoms with E-state index in [1.54, 1.807) is 39.8 Å². The summed E-state index contributed by atoms with van der Waals surface area (Å²) in [6.07, 6.45) is 0.718. The van der Waals surface area contributed by atoms with Crippen molar-refractivity contribution in [2.45, 2.75) is 53.1 Å². The Hall–Kier alpha value is -3.36. The van der Waals surface area contributed by atoms with Gasteiger partial charge in [0.25, 0.3) is 11.5 Å². The number of hydrogen-bond acceptors (Lipinski definition) is 5. The normalized spacial score (nSPS) is 14.5. The molecule has 1 fully saturated rings. The minimum atomic E-state index is -0.307. The Bertz CT molecular complexity index is 1130. The molecular weight excluding hydrogens is 422 g/mol. The molecule has 1 aromatic carbocycles. The molecule has 33 heavy (non-hydrogen) atoms. The molecule has 9 nitrogen and oxygen atoms in total. The van der Waals surface area contributed by atoms with Crippen LogP contribution in [0.15, 0.2) is 39.9 Å². The van der Waals surface area contributed by atoms with Gasteiger partial charge in [-0.3, -0.25) is 23.5 Å². The second kappa shape index (κ2) is 10.1. The third-order valence-corrected chi connectivity index (χ3v) is 5.74. The Kier molecular flexibility index (Phi) is 7.40. The van der Waals surface area contributed by atoms with Gasteiger partial charge in [0.05, 0.1) is 0 Å². The zero-order valence-corrected chi connectivity index (χ0v) is 20.0. The molecule has 1 N–H and O–H groups in total. The van der Waals surface area contributed by atoms with Crippen LogP contribution in [0.2, 0.25) is 0 Å². The number of carbonyl (C=O) groups is 2. The van der Waals surface area contributed by atoms with Crippen molar-refractivity contribution in [3.63, 3.8) is 0 Å². The first-order chi connectivity index (χ1) is 15.6. The molecule has 1 aromatic heterocycles. The van der Waals surface area contributed by atoms with Crippen LogP contribution < -0.4 is 21.5 Å². The number of benzene rings is 1. The molecule has 2 amide bonds. The van der Waals surface area contributed by atoms with Gasteiger partial charge in [0.1, 0.15) is 5.82 Å². The summed E-state index contributed by atoms with van der Waals surface area (Å²) < 4.78 is 2.95. The summed E-state index contributed by atoms with van der Waals surface area (Å²) in [7, 11) is 0. The number of hydrogen-bond donors (Lipinski definition) is 1. The number of rotatable bonds is 5. The standard InChI is InChI=1S/C24H33N5O4/c1-16(2)28-21(15-22(31)29(17(3)4)24(28)33)26-11-6-12-27(14-13-26)23(32)19-7-9-20(10-8-19)25-18(5)30/h7-10,15-17H,6,11-14H2,1-5H3,(H,25,30). The molecular formula is C24H33N5O4. The summed E-state index contributed by atoms with van der Waals surface area (Å²) in [6, 6.07) is 8.04. The molecule has 1 aliphatic rings. The van der Waals surface area contributed by atoms with Gasteiger partial charge in [0, 0.05) is 62.5 Å². The molecule has 0 bridgehead atoms. The largest absolute Gasteiger partial charge is 0.356 e. The third-order valence-electron chi connectivity index (χ3n) is 5.74. The predicted molar refractivity (Wildman–Crippen MR) is 129 cm³/mol. The number of amides is 2. The van der Waals surface area contributed by atoms with Crippen molar-refractivity contribution in [2.24, 2.45) is 0 Å². The molecule has 178 valence electrons. The van der Waals surface area contributed by atoms with Crippen LogP contribution in [0.25, 0.3) is 0 Å². The molecule has 1 saturated heterocycles. The Balaban J connectivity index is 1.81. The lowest BCUT2D eigenvalue weighted by Gasteiger charge is -2.28. The van der Waals surface area contributed by atoms with Gasteiger partial charge in [-0.25, -0.2) is 4.79 Å². The minimum absolute atomic E-state index is 0.0808. The quantitative estimate of drug-likeness (QED) is 0.747. The van der Waals surface area contributed by atoms with Gasteiger partial charge >= 0.3 is 5.69 Å². The predicted octanol–water partition coefficient (Wildman–Crippen LogP) is 2.48. The van der Waals surface area contributed by atoms with Gasteiger partial charge in [-0.1, -0.05) is 0 Å². The maximum atomic E-state index is 13.1. The number of nitrogens with zero attached hydrogens (tertiary/aromatic N) is 4. The van der Waals surface area contributed by atoms with Gasteiger partial charge in [0.15, 0.2) is 0 Å². The van der Waals surface area contributed by atoms with Crippen LogP contribution in [-0.2, 0) is 4.79 Å². The summed E-state index contributed by atoms with van der Waals surface area (Å²) in [5.41, 5.74) is 0.581. The highest BCUT2D eigenvalue weighted by Crippen LogP contribution is 2.19. The van der Waals surface area contributed by atoms with Gasteiger partial charge in [-0.15, -0.1) is 0 Å². The summed E-state index contributed by atoms with van der Waals surface area (Å²) in [6.45, 7) is 11.2. The molecule has 2 heterocycles. The Morgan fingerprint density at radius 2 is 1.52 bits per heavy atom. The molecule has 0 aliphatic carbocycles. The SMILES string of the molecule is CC(=O)Nc1ccc(C(=O)N2CCCN(c3cc(=O)n(C(C)C)c(=O)n3C(C)C)CC2)cc1. The highest BCUT2D eigenvalue weighted by Gasteiger charge is 2.24. The average molecular weight is 456 g/mol.